The minimum absolute atomic E-state index is 0.0491. The Morgan fingerprint density at radius 3 is 2.18 bits per heavy atom. The maximum absolute atomic E-state index is 12.4. The van der Waals surface area contributed by atoms with E-state index in [1.807, 2.05) is 38.1 Å². The van der Waals surface area contributed by atoms with Crippen molar-refractivity contribution in [1.29, 1.82) is 0 Å². The average molecular weight is 338 g/mol. The molecular formula is C17H20ClNO2S. The molecule has 1 N–H and O–H groups in total. The molecular weight excluding hydrogens is 318 g/mol. The first kappa shape index (κ1) is 17.0. The number of rotatable bonds is 6. The summed E-state index contributed by atoms with van der Waals surface area (Å²) in [7, 11) is -3.41. The van der Waals surface area contributed by atoms with Crippen LogP contribution in [0.15, 0.2) is 48.5 Å². The lowest BCUT2D eigenvalue weighted by Gasteiger charge is -2.18. The number of aryl methyl sites for hydroxylation is 1. The standard InChI is InChI=1S/C17H20ClNO2S/c1-3-17(15-8-4-13(2)5-9-15)19-22(20,21)12-14-6-10-16(18)11-7-14/h4-11,17,19H,3,12H2,1-2H3/t17-/m1/s1. The lowest BCUT2D eigenvalue weighted by atomic mass is 10.0. The molecule has 2 aromatic rings. The molecule has 0 heterocycles. The van der Waals surface area contributed by atoms with Crippen molar-refractivity contribution in [2.24, 2.45) is 0 Å². The maximum atomic E-state index is 12.4. The third-order valence-electron chi connectivity index (χ3n) is 3.48. The predicted octanol–water partition coefficient (Wildman–Crippen LogP) is 4.22. The Balaban J connectivity index is 2.11. The summed E-state index contributed by atoms with van der Waals surface area (Å²) in [6.45, 7) is 3.98. The first-order chi connectivity index (χ1) is 10.4. The van der Waals surface area contributed by atoms with E-state index < -0.39 is 10.0 Å². The van der Waals surface area contributed by atoms with Crippen LogP contribution in [0.5, 0.6) is 0 Å². The summed E-state index contributed by atoms with van der Waals surface area (Å²) in [5.41, 5.74) is 2.85. The summed E-state index contributed by atoms with van der Waals surface area (Å²) in [4.78, 5) is 0. The Morgan fingerprint density at radius 1 is 1.05 bits per heavy atom. The van der Waals surface area contributed by atoms with E-state index in [2.05, 4.69) is 4.72 Å². The Hall–Kier alpha value is -1.36. The highest BCUT2D eigenvalue weighted by molar-refractivity contribution is 7.88. The average Bonchev–Trinajstić information content (AvgIpc) is 2.48. The summed E-state index contributed by atoms with van der Waals surface area (Å²) < 4.78 is 27.5. The van der Waals surface area contributed by atoms with E-state index in [1.54, 1.807) is 24.3 Å². The van der Waals surface area contributed by atoms with Gasteiger partial charge in [-0.1, -0.05) is 60.5 Å². The third kappa shape index (κ3) is 4.83. The molecule has 22 heavy (non-hydrogen) atoms. The lowest BCUT2D eigenvalue weighted by molar-refractivity contribution is 0.549. The molecule has 0 bridgehead atoms. The van der Waals surface area contributed by atoms with Gasteiger partial charge >= 0.3 is 0 Å². The molecule has 0 aromatic heterocycles. The van der Waals surface area contributed by atoms with Crippen LogP contribution in [0.2, 0.25) is 5.02 Å². The van der Waals surface area contributed by atoms with Crippen molar-refractivity contribution in [2.45, 2.75) is 32.1 Å². The number of halogens is 1. The molecule has 0 saturated carbocycles. The predicted molar refractivity (Wildman–Crippen MR) is 91.4 cm³/mol. The van der Waals surface area contributed by atoms with Crippen molar-refractivity contribution >= 4 is 21.6 Å². The smallest absolute Gasteiger partial charge is 0.212 e. The second-order valence-corrected chi connectivity index (χ2v) is 7.57. The Labute approximate surface area is 137 Å². The van der Waals surface area contributed by atoms with Crippen LogP contribution in [-0.2, 0) is 15.8 Å². The molecule has 0 aliphatic heterocycles. The van der Waals surface area contributed by atoms with Crippen molar-refractivity contribution < 1.29 is 8.42 Å². The largest absolute Gasteiger partial charge is 0.216 e. The van der Waals surface area contributed by atoms with Crippen LogP contribution >= 0.6 is 11.6 Å². The molecule has 0 spiro atoms. The van der Waals surface area contributed by atoms with Crippen LogP contribution in [-0.4, -0.2) is 8.42 Å². The second kappa shape index (κ2) is 7.27. The molecule has 0 aliphatic rings. The second-order valence-electron chi connectivity index (χ2n) is 5.37. The summed E-state index contributed by atoms with van der Waals surface area (Å²) in [5.74, 6) is -0.0491. The molecule has 1 atom stereocenters. The number of benzene rings is 2. The quantitative estimate of drug-likeness (QED) is 0.857. The molecule has 2 aromatic carbocycles. The summed E-state index contributed by atoms with van der Waals surface area (Å²) in [6, 6.07) is 14.6. The number of hydrogen-bond donors (Lipinski definition) is 1. The highest BCUT2D eigenvalue weighted by Gasteiger charge is 2.18. The molecule has 118 valence electrons. The highest BCUT2D eigenvalue weighted by atomic mass is 35.5. The molecule has 0 amide bonds. The SMILES string of the molecule is CC[C@@H](NS(=O)(=O)Cc1ccc(Cl)cc1)c1ccc(C)cc1. The van der Waals surface area contributed by atoms with Crippen LogP contribution in [0, 0.1) is 6.92 Å². The molecule has 3 nitrogen and oxygen atoms in total. The zero-order valence-corrected chi connectivity index (χ0v) is 14.3. The summed E-state index contributed by atoms with van der Waals surface area (Å²) in [5, 5.41) is 0.597. The minimum Gasteiger partial charge on any atom is -0.212 e. The van der Waals surface area contributed by atoms with E-state index in [9.17, 15) is 8.42 Å². The van der Waals surface area contributed by atoms with Gasteiger partial charge < -0.3 is 0 Å². The van der Waals surface area contributed by atoms with Gasteiger partial charge in [0, 0.05) is 11.1 Å². The summed E-state index contributed by atoms with van der Waals surface area (Å²) in [6.07, 6.45) is 0.697. The highest BCUT2D eigenvalue weighted by Crippen LogP contribution is 2.19. The van der Waals surface area contributed by atoms with Crippen LogP contribution < -0.4 is 4.72 Å². The Kier molecular flexibility index (Phi) is 5.62. The fourth-order valence-corrected chi connectivity index (χ4v) is 3.82. The minimum atomic E-state index is -3.41. The van der Waals surface area contributed by atoms with Gasteiger partial charge in [-0.2, -0.15) is 0 Å². The van der Waals surface area contributed by atoms with Crippen molar-refractivity contribution in [3.05, 3.63) is 70.2 Å². The maximum Gasteiger partial charge on any atom is 0.216 e. The normalized spacial score (nSPS) is 13.0. The van der Waals surface area contributed by atoms with Crippen LogP contribution in [0.1, 0.15) is 36.1 Å². The van der Waals surface area contributed by atoms with Crippen LogP contribution in [0.25, 0.3) is 0 Å². The van der Waals surface area contributed by atoms with Crippen molar-refractivity contribution in [3.8, 4) is 0 Å². The van der Waals surface area contributed by atoms with Gasteiger partial charge in [-0.15, -0.1) is 0 Å². The third-order valence-corrected chi connectivity index (χ3v) is 5.09. The zero-order chi connectivity index (χ0) is 16.2. The first-order valence-corrected chi connectivity index (χ1v) is 9.23. The van der Waals surface area contributed by atoms with Crippen molar-refractivity contribution in [1.82, 2.24) is 4.72 Å². The van der Waals surface area contributed by atoms with Gasteiger partial charge in [-0.3, -0.25) is 0 Å². The van der Waals surface area contributed by atoms with Crippen molar-refractivity contribution in [2.75, 3.05) is 0 Å². The van der Waals surface area contributed by atoms with Gasteiger partial charge in [0.2, 0.25) is 10.0 Å². The van der Waals surface area contributed by atoms with E-state index >= 15 is 0 Å². The molecule has 0 aliphatic carbocycles. The fraction of sp³-hybridized carbons (Fsp3) is 0.294. The van der Waals surface area contributed by atoms with Crippen molar-refractivity contribution in [3.63, 3.8) is 0 Å². The molecule has 0 radical (unpaired) electrons. The van der Waals surface area contributed by atoms with E-state index in [0.29, 0.717) is 11.4 Å². The van der Waals surface area contributed by atoms with E-state index in [1.165, 1.54) is 0 Å². The van der Waals surface area contributed by atoms with Gasteiger partial charge in [-0.05, 0) is 36.6 Å². The zero-order valence-electron chi connectivity index (χ0n) is 12.7. The topological polar surface area (TPSA) is 46.2 Å². The van der Waals surface area contributed by atoms with E-state index in [4.69, 9.17) is 11.6 Å². The van der Waals surface area contributed by atoms with Gasteiger partial charge in [0.15, 0.2) is 0 Å². The molecule has 0 unspecified atom stereocenters. The number of nitrogens with one attached hydrogen (secondary N) is 1. The van der Waals surface area contributed by atoms with Crippen LogP contribution in [0.4, 0.5) is 0 Å². The van der Waals surface area contributed by atoms with Gasteiger partial charge in [-0.25, -0.2) is 13.1 Å². The van der Waals surface area contributed by atoms with E-state index in [0.717, 1.165) is 16.7 Å². The van der Waals surface area contributed by atoms with Gasteiger partial charge in [0.05, 0.1) is 5.75 Å². The van der Waals surface area contributed by atoms with Gasteiger partial charge in [0.1, 0.15) is 0 Å². The summed E-state index contributed by atoms with van der Waals surface area (Å²) >= 11 is 5.82. The molecule has 0 saturated heterocycles. The number of hydrogen-bond acceptors (Lipinski definition) is 2. The first-order valence-electron chi connectivity index (χ1n) is 7.20. The Bertz CT molecular complexity index is 709. The fourth-order valence-electron chi connectivity index (χ4n) is 2.24. The number of sulfonamides is 1. The van der Waals surface area contributed by atoms with Crippen LogP contribution in [0.3, 0.4) is 0 Å². The molecule has 0 fully saturated rings. The Morgan fingerprint density at radius 2 is 1.64 bits per heavy atom. The monoisotopic (exact) mass is 337 g/mol. The molecule has 2 rings (SSSR count). The molecule has 5 heteroatoms. The van der Waals surface area contributed by atoms with Gasteiger partial charge in [0.25, 0.3) is 0 Å². The van der Waals surface area contributed by atoms with E-state index in [-0.39, 0.29) is 11.8 Å². The lowest BCUT2D eigenvalue weighted by Crippen LogP contribution is -2.29.